The number of hydrogen-bond acceptors (Lipinski definition) is 3. The van der Waals surface area contributed by atoms with Gasteiger partial charge in [-0.1, -0.05) is 25.7 Å². The molecule has 2 aliphatic carbocycles. The highest BCUT2D eigenvalue weighted by molar-refractivity contribution is 7.57. The molecule has 0 saturated heterocycles. The second-order valence-electron chi connectivity index (χ2n) is 5.88. The standard InChI is InChI=1S/C15H30NO2P/c1-16-19(14-10-6-4-8-12(14)17-2)15-11-7-5-9-13(15)18-3/h12-16H,4-11H2,1-3H3. The van der Waals surface area contributed by atoms with E-state index in [1.54, 1.807) is 0 Å². The highest BCUT2D eigenvalue weighted by Crippen LogP contribution is 2.53. The first-order valence-electron chi connectivity index (χ1n) is 7.83. The molecule has 0 aromatic heterocycles. The monoisotopic (exact) mass is 287 g/mol. The molecule has 0 bridgehead atoms. The van der Waals surface area contributed by atoms with Crippen LogP contribution in [0.3, 0.4) is 0 Å². The van der Waals surface area contributed by atoms with E-state index in [0.29, 0.717) is 12.2 Å². The van der Waals surface area contributed by atoms with Crippen molar-refractivity contribution < 1.29 is 9.47 Å². The van der Waals surface area contributed by atoms with Crippen molar-refractivity contribution >= 4 is 8.07 Å². The van der Waals surface area contributed by atoms with E-state index in [0.717, 1.165) is 11.3 Å². The third-order valence-corrected chi connectivity index (χ3v) is 8.04. The Labute approximate surface area is 119 Å². The van der Waals surface area contributed by atoms with Gasteiger partial charge in [0.1, 0.15) is 0 Å². The van der Waals surface area contributed by atoms with Gasteiger partial charge >= 0.3 is 0 Å². The van der Waals surface area contributed by atoms with E-state index in [-0.39, 0.29) is 8.07 Å². The van der Waals surface area contributed by atoms with E-state index < -0.39 is 0 Å². The fourth-order valence-electron chi connectivity index (χ4n) is 3.92. The van der Waals surface area contributed by atoms with Crippen molar-refractivity contribution in [1.29, 1.82) is 0 Å². The molecular formula is C15H30NO2P. The van der Waals surface area contributed by atoms with Crippen LogP contribution < -0.4 is 5.09 Å². The third-order valence-electron chi connectivity index (χ3n) is 4.91. The van der Waals surface area contributed by atoms with E-state index in [1.165, 1.54) is 51.4 Å². The summed E-state index contributed by atoms with van der Waals surface area (Å²) in [5.74, 6) is 0. The number of ether oxygens (including phenoxy) is 2. The average Bonchev–Trinajstić information content (AvgIpc) is 2.49. The lowest BCUT2D eigenvalue weighted by atomic mass is 9.96. The SMILES string of the molecule is CNP(C1CCCCC1OC)C1CCCCC1OC. The van der Waals surface area contributed by atoms with E-state index in [9.17, 15) is 0 Å². The zero-order valence-corrected chi connectivity index (χ0v) is 13.6. The summed E-state index contributed by atoms with van der Waals surface area (Å²) in [4.78, 5) is 0. The molecule has 0 aromatic carbocycles. The van der Waals surface area contributed by atoms with Crippen LogP contribution in [0.4, 0.5) is 0 Å². The molecular weight excluding hydrogens is 257 g/mol. The van der Waals surface area contributed by atoms with Gasteiger partial charge in [-0.3, -0.25) is 5.09 Å². The molecule has 19 heavy (non-hydrogen) atoms. The Morgan fingerprint density at radius 2 is 1.21 bits per heavy atom. The van der Waals surface area contributed by atoms with Crippen molar-refractivity contribution in [2.45, 2.75) is 74.9 Å². The molecule has 2 fully saturated rings. The summed E-state index contributed by atoms with van der Waals surface area (Å²) in [7, 11) is 5.74. The zero-order valence-electron chi connectivity index (χ0n) is 12.7. The van der Waals surface area contributed by atoms with Crippen LogP contribution in [0.15, 0.2) is 0 Å². The van der Waals surface area contributed by atoms with Crippen molar-refractivity contribution in [2.75, 3.05) is 21.3 Å². The predicted octanol–water partition coefficient (Wildman–Crippen LogP) is 3.52. The lowest BCUT2D eigenvalue weighted by molar-refractivity contribution is 0.0649. The van der Waals surface area contributed by atoms with E-state index in [2.05, 4.69) is 12.1 Å². The molecule has 4 atom stereocenters. The fourth-order valence-corrected chi connectivity index (χ4v) is 7.25. The summed E-state index contributed by atoms with van der Waals surface area (Å²) in [6.45, 7) is 0. The van der Waals surface area contributed by atoms with Gasteiger partial charge in [-0.05, 0) is 40.8 Å². The molecule has 4 heteroatoms. The van der Waals surface area contributed by atoms with E-state index >= 15 is 0 Å². The van der Waals surface area contributed by atoms with Crippen LogP contribution in [-0.4, -0.2) is 44.8 Å². The smallest absolute Gasteiger partial charge is 0.0650 e. The molecule has 0 aromatic rings. The molecule has 4 unspecified atom stereocenters. The Kier molecular flexibility index (Phi) is 6.55. The van der Waals surface area contributed by atoms with E-state index in [1.807, 2.05) is 14.2 Å². The topological polar surface area (TPSA) is 30.5 Å². The Morgan fingerprint density at radius 3 is 1.58 bits per heavy atom. The molecule has 1 N–H and O–H groups in total. The summed E-state index contributed by atoms with van der Waals surface area (Å²) in [5, 5.41) is 3.67. The van der Waals surface area contributed by atoms with Crippen LogP contribution in [0.2, 0.25) is 0 Å². The predicted molar refractivity (Wildman–Crippen MR) is 82.1 cm³/mol. The Hall–Kier alpha value is 0.310. The summed E-state index contributed by atoms with van der Waals surface area (Å²) >= 11 is 0. The van der Waals surface area contributed by atoms with Crippen LogP contribution in [0.5, 0.6) is 0 Å². The quantitative estimate of drug-likeness (QED) is 0.785. The normalized spacial score (nSPS) is 38.1. The molecule has 112 valence electrons. The Morgan fingerprint density at radius 1 is 0.789 bits per heavy atom. The molecule has 3 nitrogen and oxygen atoms in total. The van der Waals surface area contributed by atoms with Gasteiger partial charge < -0.3 is 9.47 Å². The van der Waals surface area contributed by atoms with Crippen molar-refractivity contribution in [3.8, 4) is 0 Å². The van der Waals surface area contributed by atoms with Gasteiger partial charge in [0.2, 0.25) is 0 Å². The van der Waals surface area contributed by atoms with Crippen LogP contribution in [0.25, 0.3) is 0 Å². The average molecular weight is 287 g/mol. The maximum Gasteiger partial charge on any atom is 0.0650 e. The largest absolute Gasteiger partial charge is 0.381 e. The van der Waals surface area contributed by atoms with Gasteiger partial charge in [0.25, 0.3) is 0 Å². The number of methoxy groups -OCH3 is 2. The summed E-state index contributed by atoms with van der Waals surface area (Å²) in [6.07, 6.45) is 11.5. The molecule has 2 rings (SSSR count). The minimum atomic E-state index is -0.185. The van der Waals surface area contributed by atoms with Gasteiger partial charge in [0.15, 0.2) is 0 Å². The second kappa shape index (κ2) is 7.93. The van der Waals surface area contributed by atoms with Crippen molar-refractivity contribution in [3.63, 3.8) is 0 Å². The summed E-state index contributed by atoms with van der Waals surface area (Å²) in [6, 6.07) is 0. The van der Waals surface area contributed by atoms with Crippen LogP contribution in [0, 0.1) is 0 Å². The van der Waals surface area contributed by atoms with Crippen molar-refractivity contribution in [1.82, 2.24) is 5.09 Å². The lowest BCUT2D eigenvalue weighted by Gasteiger charge is -2.44. The second-order valence-corrected chi connectivity index (χ2v) is 8.47. The van der Waals surface area contributed by atoms with Gasteiger partial charge in [-0.2, -0.15) is 0 Å². The first-order chi connectivity index (χ1) is 9.31. The number of nitrogens with one attached hydrogen (secondary N) is 1. The molecule has 0 spiro atoms. The van der Waals surface area contributed by atoms with Crippen molar-refractivity contribution in [2.24, 2.45) is 0 Å². The van der Waals surface area contributed by atoms with Crippen molar-refractivity contribution in [3.05, 3.63) is 0 Å². The molecule has 0 radical (unpaired) electrons. The number of hydrogen-bond donors (Lipinski definition) is 1. The van der Waals surface area contributed by atoms with Gasteiger partial charge in [-0.25, -0.2) is 0 Å². The molecule has 0 amide bonds. The molecule has 2 saturated carbocycles. The fraction of sp³-hybridized carbons (Fsp3) is 1.00. The minimum absolute atomic E-state index is 0.185. The van der Waals surface area contributed by atoms with Crippen LogP contribution >= 0.6 is 8.07 Å². The van der Waals surface area contributed by atoms with E-state index in [4.69, 9.17) is 9.47 Å². The summed E-state index contributed by atoms with van der Waals surface area (Å²) in [5.41, 5.74) is 1.44. The molecule has 0 aliphatic heterocycles. The number of rotatable bonds is 5. The maximum absolute atomic E-state index is 5.78. The van der Waals surface area contributed by atoms with Gasteiger partial charge in [-0.15, -0.1) is 0 Å². The lowest BCUT2D eigenvalue weighted by Crippen LogP contribution is -2.41. The maximum atomic E-state index is 5.78. The van der Waals surface area contributed by atoms with Gasteiger partial charge in [0.05, 0.1) is 12.2 Å². The molecule has 0 heterocycles. The highest BCUT2D eigenvalue weighted by Gasteiger charge is 2.39. The molecule has 2 aliphatic rings. The van der Waals surface area contributed by atoms with Crippen LogP contribution in [-0.2, 0) is 9.47 Å². The highest BCUT2D eigenvalue weighted by atomic mass is 31.1. The zero-order chi connectivity index (χ0) is 13.7. The third kappa shape index (κ3) is 3.69. The Bertz CT molecular complexity index is 241. The van der Waals surface area contributed by atoms with Gasteiger partial charge in [0, 0.05) is 25.5 Å². The summed E-state index contributed by atoms with van der Waals surface area (Å²) < 4.78 is 11.6. The Balaban J connectivity index is 2.07. The first-order valence-corrected chi connectivity index (χ1v) is 9.31. The first kappa shape index (κ1) is 15.7. The van der Waals surface area contributed by atoms with Crippen LogP contribution in [0.1, 0.15) is 51.4 Å². The minimum Gasteiger partial charge on any atom is -0.381 e.